The van der Waals surface area contributed by atoms with Crippen LogP contribution in [0.5, 0.6) is 0 Å². The smallest absolute Gasteiger partial charge is 0.287 e. The maximum atomic E-state index is 12.2. The average Bonchev–Trinajstić information content (AvgIpc) is 3.40. The molecule has 4 rings (SSSR count). The molecule has 0 bridgehead atoms. The maximum Gasteiger partial charge on any atom is 0.287 e. The van der Waals surface area contributed by atoms with Gasteiger partial charge in [0.25, 0.3) is 5.91 Å². The summed E-state index contributed by atoms with van der Waals surface area (Å²) in [5, 5.41) is 7.62. The van der Waals surface area contributed by atoms with Crippen LogP contribution in [0.2, 0.25) is 0 Å². The molecule has 1 fully saturated rings. The number of carbonyl (C=O) groups excluding carboxylic acids is 1. The zero-order chi connectivity index (χ0) is 17.9. The van der Waals surface area contributed by atoms with Gasteiger partial charge in [0.1, 0.15) is 0 Å². The average molecular weight is 415 g/mol. The third kappa shape index (κ3) is 3.58. The van der Waals surface area contributed by atoms with Gasteiger partial charge in [0, 0.05) is 6.20 Å². The van der Waals surface area contributed by atoms with Crippen molar-refractivity contribution in [2.45, 2.75) is 38.3 Å². The van der Waals surface area contributed by atoms with Crippen molar-refractivity contribution in [2.24, 2.45) is 0 Å². The van der Waals surface area contributed by atoms with E-state index in [1.165, 1.54) is 12.8 Å². The van der Waals surface area contributed by atoms with Crippen LogP contribution in [0, 0.1) is 0 Å². The SMILES string of the molecule is O=C(NCc1cc(-c2ccccn2)n(C2CCCC2)n1)c1ccc(Br)o1. The predicted octanol–water partition coefficient (Wildman–Crippen LogP) is 4.35. The molecule has 1 amide bonds. The second-order valence-electron chi connectivity index (χ2n) is 6.41. The van der Waals surface area contributed by atoms with Crippen LogP contribution in [0.15, 0.2) is 51.7 Å². The molecule has 0 aromatic carbocycles. The molecule has 1 saturated carbocycles. The number of nitrogens with one attached hydrogen (secondary N) is 1. The minimum absolute atomic E-state index is 0.259. The van der Waals surface area contributed by atoms with Crippen molar-refractivity contribution in [2.75, 3.05) is 0 Å². The Labute approximate surface area is 159 Å². The van der Waals surface area contributed by atoms with Crippen molar-refractivity contribution >= 4 is 21.8 Å². The maximum absolute atomic E-state index is 12.2. The highest BCUT2D eigenvalue weighted by Crippen LogP contribution is 2.33. The molecule has 1 N–H and O–H groups in total. The lowest BCUT2D eigenvalue weighted by atomic mass is 10.2. The molecule has 0 saturated heterocycles. The first kappa shape index (κ1) is 17.0. The molecule has 0 spiro atoms. The quantitative estimate of drug-likeness (QED) is 0.673. The lowest BCUT2D eigenvalue weighted by molar-refractivity contribution is 0.0921. The Morgan fingerprint density at radius 2 is 2.12 bits per heavy atom. The van der Waals surface area contributed by atoms with E-state index in [1.807, 2.05) is 24.3 Å². The first-order valence-corrected chi connectivity index (χ1v) is 9.53. The minimum Gasteiger partial charge on any atom is -0.444 e. The number of pyridine rings is 1. The predicted molar refractivity (Wildman–Crippen MR) is 101 cm³/mol. The summed E-state index contributed by atoms with van der Waals surface area (Å²) in [4.78, 5) is 16.6. The van der Waals surface area contributed by atoms with E-state index in [0.29, 0.717) is 17.3 Å². The van der Waals surface area contributed by atoms with Gasteiger partial charge in [-0.2, -0.15) is 5.10 Å². The van der Waals surface area contributed by atoms with Crippen LogP contribution >= 0.6 is 15.9 Å². The van der Waals surface area contributed by atoms with Gasteiger partial charge in [-0.05, 0) is 59.1 Å². The van der Waals surface area contributed by atoms with Gasteiger partial charge in [-0.15, -0.1) is 0 Å². The van der Waals surface area contributed by atoms with Gasteiger partial charge in [0.2, 0.25) is 0 Å². The fraction of sp³-hybridized carbons (Fsp3) is 0.316. The number of amides is 1. The topological polar surface area (TPSA) is 73.0 Å². The molecule has 0 atom stereocenters. The normalized spacial score (nSPS) is 14.7. The number of rotatable bonds is 5. The number of hydrogen-bond donors (Lipinski definition) is 1. The van der Waals surface area contributed by atoms with E-state index >= 15 is 0 Å². The second kappa shape index (κ2) is 7.45. The number of furan rings is 1. The molecule has 7 heteroatoms. The Balaban J connectivity index is 1.55. The molecule has 134 valence electrons. The lowest BCUT2D eigenvalue weighted by Crippen LogP contribution is -2.22. The zero-order valence-corrected chi connectivity index (χ0v) is 15.8. The minimum atomic E-state index is -0.259. The third-order valence-electron chi connectivity index (χ3n) is 4.61. The van der Waals surface area contributed by atoms with Gasteiger partial charge in [-0.3, -0.25) is 14.5 Å². The van der Waals surface area contributed by atoms with E-state index in [-0.39, 0.29) is 11.7 Å². The molecule has 1 aliphatic rings. The summed E-state index contributed by atoms with van der Waals surface area (Å²) in [5.41, 5.74) is 2.72. The number of halogens is 1. The van der Waals surface area contributed by atoms with Crippen molar-refractivity contribution < 1.29 is 9.21 Å². The molecular formula is C19H19BrN4O2. The molecule has 3 aromatic heterocycles. The largest absolute Gasteiger partial charge is 0.444 e. The molecular weight excluding hydrogens is 396 g/mol. The van der Waals surface area contributed by atoms with Crippen molar-refractivity contribution in [1.82, 2.24) is 20.1 Å². The van der Waals surface area contributed by atoms with Gasteiger partial charge < -0.3 is 9.73 Å². The summed E-state index contributed by atoms with van der Waals surface area (Å²) in [6, 6.07) is 11.6. The fourth-order valence-electron chi connectivity index (χ4n) is 3.36. The Morgan fingerprint density at radius 1 is 1.27 bits per heavy atom. The van der Waals surface area contributed by atoms with Gasteiger partial charge in [0.15, 0.2) is 10.4 Å². The molecule has 0 aliphatic heterocycles. The van der Waals surface area contributed by atoms with Gasteiger partial charge >= 0.3 is 0 Å². The summed E-state index contributed by atoms with van der Waals surface area (Å²) in [6.45, 7) is 0.344. The fourth-order valence-corrected chi connectivity index (χ4v) is 3.67. The Hall–Kier alpha value is -2.41. The summed E-state index contributed by atoms with van der Waals surface area (Å²) < 4.78 is 7.90. The number of hydrogen-bond acceptors (Lipinski definition) is 4. The Morgan fingerprint density at radius 3 is 2.81 bits per heavy atom. The molecule has 26 heavy (non-hydrogen) atoms. The third-order valence-corrected chi connectivity index (χ3v) is 5.04. The highest BCUT2D eigenvalue weighted by molar-refractivity contribution is 9.10. The highest BCUT2D eigenvalue weighted by Gasteiger charge is 2.22. The zero-order valence-electron chi connectivity index (χ0n) is 14.2. The van der Waals surface area contributed by atoms with Crippen molar-refractivity contribution in [3.63, 3.8) is 0 Å². The molecule has 1 aliphatic carbocycles. The van der Waals surface area contributed by atoms with Crippen molar-refractivity contribution in [3.8, 4) is 11.4 Å². The van der Waals surface area contributed by atoms with Crippen molar-refractivity contribution in [1.29, 1.82) is 0 Å². The number of carbonyl (C=O) groups is 1. The van der Waals surface area contributed by atoms with Crippen LogP contribution in [0.4, 0.5) is 0 Å². The van der Waals surface area contributed by atoms with Gasteiger partial charge in [0.05, 0.1) is 29.7 Å². The van der Waals surface area contributed by atoms with Crippen LogP contribution in [-0.2, 0) is 6.54 Å². The van der Waals surface area contributed by atoms with E-state index in [0.717, 1.165) is 29.9 Å². The van der Waals surface area contributed by atoms with E-state index < -0.39 is 0 Å². The summed E-state index contributed by atoms with van der Waals surface area (Å²) in [6.07, 6.45) is 6.51. The van der Waals surface area contributed by atoms with E-state index in [2.05, 4.69) is 30.9 Å². The summed E-state index contributed by atoms with van der Waals surface area (Å²) in [7, 11) is 0. The van der Waals surface area contributed by atoms with Gasteiger partial charge in [-0.25, -0.2) is 0 Å². The molecule has 3 heterocycles. The Kier molecular flexibility index (Phi) is 4.88. The van der Waals surface area contributed by atoms with E-state index in [4.69, 9.17) is 9.52 Å². The monoisotopic (exact) mass is 414 g/mol. The first-order chi connectivity index (χ1) is 12.7. The van der Waals surface area contributed by atoms with E-state index in [1.54, 1.807) is 18.3 Å². The molecule has 3 aromatic rings. The Bertz CT molecular complexity index is 897. The van der Waals surface area contributed by atoms with E-state index in [9.17, 15) is 4.79 Å². The van der Waals surface area contributed by atoms with Crippen LogP contribution in [0.25, 0.3) is 11.4 Å². The standard InChI is InChI=1S/C19H19BrN4O2/c20-18-9-8-17(26-18)19(25)22-12-13-11-16(15-7-3-4-10-21-15)24(23-13)14-5-1-2-6-14/h3-4,7-11,14H,1-2,5-6,12H2,(H,22,25). The van der Waals surface area contributed by atoms with Crippen molar-refractivity contribution in [3.05, 3.63) is 58.7 Å². The number of aromatic nitrogens is 3. The van der Waals surface area contributed by atoms with Crippen LogP contribution in [0.3, 0.4) is 0 Å². The molecule has 0 unspecified atom stereocenters. The highest BCUT2D eigenvalue weighted by atomic mass is 79.9. The van der Waals surface area contributed by atoms with Crippen LogP contribution < -0.4 is 5.32 Å². The van der Waals surface area contributed by atoms with Crippen LogP contribution in [0.1, 0.15) is 48.0 Å². The summed E-state index contributed by atoms with van der Waals surface area (Å²) in [5.74, 6) is 0.0163. The second-order valence-corrected chi connectivity index (χ2v) is 7.19. The first-order valence-electron chi connectivity index (χ1n) is 8.74. The molecule has 6 nitrogen and oxygen atoms in total. The van der Waals surface area contributed by atoms with Crippen LogP contribution in [-0.4, -0.2) is 20.7 Å². The summed E-state index contributed by atoms with van der Waals surface area (Å²) >= 11 is 3.20. The molecule has 0 radical (unpaired) electrons. The van der Waals surface area contributed by atoms with Gasteiger partial charge in [-0.1, -0.05) is 18.9 Å². The lowest BCUT2D eigenvalue weighted by Gasteiger charge is -2.13. The number of nitrogens with zero attached hydrogens (tertiary/aromatic N) is 3.